The topological polar surface area (TPSA) is 30.5 Å². The number of methoxy groups -OCH3 is 1. The molecule has 0 bridgehead atoms. The Hall–Kier alpha value is -0.120. The Balaban J connectivity index is 1.77. The van der Waals surface area contributed by atoms with E-state index in [9.17, 15) is 0 Å². The van der Waals surface area contributed by atoms with Crippen LogP contribution in [0.2, 0.25) is 0 Å². The molecule has 3 unspecified atom stereocenters. The van der Waals surface area contributed by atoms with Gasteiger partial charge in [-0.2, -0.15) is 0 Å². The second-order valence-corrected chi connectivity index (χ2v) is 6.94. The van der Waals surface area contributed by atoms with Gasteiger partial charge in [0.05, 0.1) is 18.8 Å². The van der Waals surface area contributed by atoms with Crippen LogP contribution in [0.4, 0.5) is 0 Å². The molecule has 0 aliphatic heterocycles. The zero-order valence-electron chi connectivity index (χ0n) is 14.1. The van der Waals surface area contributed by atoms with Crippen molar-refractivity contribution < 1.29 is 9.47 Å². The molecule has 0 aromatic heterocycles. The Morgan fingerprint density at radius 2 is 1.76 bits per heavy atom. The number of hydrogen-bond acceptors (Lipinski definition) is 3. The molecule has 3 heteroatoms. The Bertz CT molecular complexity index is 266. The van der Waals surface area contributed by atoms with Crippen molar-refractivity contribution in [3.63, 3.8) is 0 Å². The SMILES string of the molecule is CCCNC(COC1CCCC(OC)C1)C1CCCCC1. The molecule has 0 amide bonds. The van der Waals surface area contributed by atoms with Gasteiger partial charge in [-0.15, -0.1) is 0 Å². The lowest BCUT2D eigenvalue weighted by molar-refractivity contribution is -0.0410. The zero-order chi connectivity index (χ0) is 14.9. The minimum atomic E-state index is 0.415. The monoisotopic (exact) mass is 297 g/mol. The molecule has 2 aliphatic carbocycles. The maximum absolute atomic E-state index is 6.28. The van der Waals surface area contributed by atoms with Crippen molar-refractivity contribution in [3.05, 3.63) is 0 Å². The number of hydrogen-bond donors (Lipinski definition) is 1. The standard InChI is InChI=1S/C18H35NO2/c1-3-12-19-18(15-8-5-4-6-9-15)14-21-17-11-7-10-16(13-17)20-2/h15-19H,3-14H2,1-2H3. The molecule has 2 saturated carbocycles. The summed E-state index contributed by atoms with van der Waals surface area (Å²) < 4.78 is 11.8. The highest BCUT2D eigenvalue weighted by Gasteiger charge is 2.26. The average Bonchev–Trinajstić information content (AvgIpc) is 2.56. The Kier molecular flexibility index (Phi) is 8.05. The smallest absolute Gasteiger partial charge is 0.0626 e. The van der Waals surface area contributed by atoms with Crippen LogP contribution in [0.5, 0.6) is 0 Å². The van der Waals surface area contributed by atoms with Crippen LogP contribution < -0.4 is 5.32 Å². The third kappa shape index (κ3) is 5.88. The van der Waals surface area contributed by atoms with E-state index in [1.54, 1.807) is 0 Å². The highest BCUT2D eigenvalue weighted by molar-refractivity contribution is 4.81. The third-order valence-corrected chi connectivity index (χ3v) is 5.30. The van der Waals surface area contributed by atoms with E-state index in [1.807, 2.05) is 7.11 Å². The molecule has 3 atom stereocenters. The Morgan fingerprint density at radius 3 is 2.48 bits per heavy atom. The summed E-state index contributed by atoms with van der Waals surface area (Å²) >= 11 is 0. The number of rotatable bonds is 8. The second-order valence-electron chi connectivity index (χ2n) is 6.94. The van der Waals surface area contributed by atoms with Gasteiger partial charge < -0.3 is 14.8 Å². The van der Waals surface area contributed by atoms with Crippen molar-refractivity contribution in [2.45, 2.75) is 89.4 Å². The van der Waals surface area contributed by atoms with Crippen LogP contribution in [0, 0.1) is 5.92 Å². The summed E-state index contributed by atoms with van der Waals surface area (Å²) in [5, 5.41) is 3.75. The first kappa shape index (κ1) is 17.2. The van der Waals surface area contributed by atoms with E-state index < -0.39 is 0 Å². The summed E-state index contributed by atoms with van der Waals surface area (Å²) in [6, 6.07) is 0.563. The highest BCUT2D eigenvalue weighted by Crippen LogP contribution is 2.28. The summed E-state index contributed by atoms with van der Waals surface area (Å²) in [7, 11) is 1.83. The fourth-order valence-electron chi connectivity index (χ4n) is 3.94. The van der Waals surface area contributed by atoms with E-state index in [-0.39, 0.29) is 0 Å². The van der Waals surface area contributed by atoms with Gasteiger partial charge in [0.15, 0.2) is 0 Å². The van der Waals surface area contributed by atoms with E-state index in [2.05, 4.69) is 12.2 Å². The normalized spacial score (nSPS) is 29.4. The highest BCUT2D eigenvalue weighted by atomic mass is 16.5. The predicted octanol–water partition coefficient (Wildman–Crippen LogP) is 3.91. The van der Waals surface area contributed by atoms with Gasteiger partial charge in [0.2, 0.25) is 0 Å². The van der Waals surface area contributed by atoms with Crippen LogP contribution in [-0.4, -0.2) is 38.5 Å². The van der Waals surface area contributed by atoms with Crippen LogP contribution >= 0.6 is 0 Å². The number of ether oxygens (including phenoxy) is 2. The molecule has 0 aromatic rings. The fourth-order valence-corrected chi connectivity index (χ4v) is 3.94. The predicted molar refractivity (Wildman–Crippen MR) is 87.7 cm³/mol. The molecule has 21 heavy (non-hydrogen) atoms. The molecular weight excluding hydrogens is 262 g/mol. The average molecular weight is 297 g/mol. The van der Waals surface area contributed by atoms with Gasteiger partial charge in [-0.3, -0.25) is 0 Å². The van der Waals surface area contributed by atoms with Gasteiger partial charge in [0.1, 0.15) is 0 Å². The molecule has 2 fully saturated rings. The third-order valence-electron chi connectivity index (χ3n) is 5.30. The van der Waals surface area contributed by atoms with E-state index >= 15 is 0 Å². The second kappa shape index (κ2) is 9.81. The van der Waals surface area contributed by atoms with Crippen LogP contribution in [-0.2, 0) is 9.47 Å². The van der Waals surface area contributed by atoms with Crippen molar-refractivity contribution in [1.29, 1.82) is 0 Å². The zero-order valence-corrected chi connectivity index (χ0v) is 14.1. The van der Waals surface area contributed by atoms with Crippen molar-refractivity contribution >= 4 is 0 Å². The quantitative estimate of drug-likeness (QED) is 0.737. The molecule has 2 aliphatic rings. The van der Waals surface area contributed by atoms with E-state index in [0.717, 1.165) is 25.5 Å². The fraction of sp³-hybridized carbons (Fsp3) is 1.00. The molecule has 0 radical (unpaired) electrons. The van der Waals surface area contributed by atoms with Gasteiger partial charge in [0.25, 0.3) is 0 Å². The van der Waals surface area contributed by atoms with Crippen LogP contribution in [0.15, 0.2) is 0 Å². The summed E-state index contributed by atoms with van der Waals surface area (Å²) in [6.07, 6.45) is 13.8. The molecule has 0 spiro atoms. The first-order chi connectivity index (χ1) is 10.3. The molecular formula is C18H35NO2. The minimum absolute atomic E-state index is 0.415. The van der Waals surface area contributed by atoms with Crippen molar-refractivity contribution in [2.24, 2.45) is 5.92 Å². The van der Waals surface area contributed by atoms with Gasteiger partial charge in [-0.25, -0.2) is 0 Å². The maximum Gasteiger partial charge on any atom is 0.0626 e. The first-order valence-electron chi connectivity index (χ1n) is 9.21. The summed E-state index contributed by atoms with van der Waals surface area (Å²) in [5.41, 5.74) is 0. The van der Waals surface area contributed by atoms with Crippen LogP contribution in [0.25, 0.3) is 0 Å². The molecule has 0 saturated heterocycles. The van der Waals surface area contributed by atoms with Crippen molar-refractivity contribution in [1.82, 2.24) is 5.32 Å². The molecule has 2 rings (SSSR count). The van der Waals surface area contributed by atoms with E-state index in [1.165, 1.54) is 57.8 Å². The molecule has 124 valence electrons. The Morgan fingerprint density at radius 1 is 1.00 bits per heavy atom. The summed E-state index contributed by atoms with van der Waals surface area (Å²) in [5.74, 6) is 0.826. The van der Waals surface area contributed by atoms with Crippen LogP contribution in [0.1, 0.15) is 71.1 Å². The summed E-state index contributed by atoms with van der Waals surface area (Å²) in [4.78, 5) is 0. The molecule has 1 N–H and O–H groups in total. The van der Waals surface area contributed by atoms with E-state index in [0.29, 0.717) is 18.2 Å². The molecule has 0 aromatic carbocycles. The minimum Gasteiger partial charge on any atom is -0.381 e. The number of nitrogens with one attached hydrogen (secondary N) is 1. The van der Waals surface area contributed by atoms with Crippen LogP contribution in [0.3, 0.4) is 0 Å². The van der Waals surface area contributed by atoms with Crippen molar-refractivity contribution in [2.75, 3.05) is 20.3 Å². The maximum atomic E-state index is 6.28. The Labute approximate surface area is 131 Å². The van der Waals surface area contributed by atoms with Gasteiger partial charge in [-0.05, 0) is 57.4 Å². The molecule has 0 heterocycles. The lowest BCUT2D eigenvalue weighted by atomic mass is 9.84. The lowest BCUT2D eigenvalue weighted by Gasteiger charge is -2.34. The molecule has 3 nitrogen and oxygen atoms in total. The van der Waals surface area contributed by atoms with Gasteiger partial charge in [-0.1, -0.05) is 26.2 Å². The lowest BCUT2D eigenvalue weighted by Crippen LogP contribution is -2.43. The van der Waals surface area contributed by atoms with E-state index in [4.69, 9.17) is 9.47 Å². The van der Waals surface area contributed by atoms with Gasteiger partial charge >= 0.3 is 0 Å². The largest absolute Gasteiger partial charge is 0.381 e. The summed E-state index contributed by atoms with van der Waals surface area (Å²) in [6.45, 7) is 4.26. The van der Waals surface area contributed by atoms with Gasteiger partial charge in [0, 0.05) is 13.2 Å². The first-order valence-corrected chi connectivity index (χ1v) is 9.21. The van der Waals surface area contributed by atoms with Crippen molar-refractivity contribution in [3.8, 4) is 0 Å².